The summed E-state index contributed by atoms with van der Waals surface area (Å²) in [6.45, 7) is 1.21. The first kappa shape index (κ1) is 16.5. The van der Waals surface area contributed by atoms with E-state index in [1.165, 1.54) is 6.92 Å². The summed E-state index contributed by atoms with van der Waals surface area (Å²) in [4.78, 5) is 50.1. The standard InChI is InChI=1S/C13H7F3N4O5/c1-12-5-17-10(22)19(12)11(23)18(9(12)21)6-2-3-8(20(24)25)7(4-6)13(14,15)16/h2-5H,1H3. The number of nitrogens with zero attached hydrogens (tertiary/aromatic N) is 4. The van der Waals surface area contributed by atoms with E-state index in [0.29, 0.717) is 21.9 Å². The molecule has 1 unspecified atom stereocenters. The molecular formula is C13H7F3N4O5. The number of aliphatic imine (C=N–C) groups is 1. The zero-order valence-corrected chi connectivity index (χ0v) is 12.3. The van der Waals surface area contributed by atoms with Crippen molar-refractivity contribution in [2.75, 3.05) is 4.90 Å². The van der Waals surface area contributed by atoms with E-state index in [9.17, 15) is 37.7 Å². The number of fused-ring (bicyclic) bond motifs is 1. The second kappa shape index (κ2) is 4.84. The van der Waals surface area contributed by atoms with Crippen LogP contribution in [0.25, 0.3) is 0 Å². The Kier molecular flexibility index (Phi) is 3.21. The van der Waals surface area contributed by atoms with Gasteiger partial charge in [0.1, 0.15) is 5.56 Å². The van der Waals surface area contributed by atoms with Crippen molar-refractivity contribution in [3.05, 3.63) is 33.9 Å². The predicted octanol–water partition coefficient (Wildman–Crippen LogP) is 2.35. The Hall–Kier alpha value is -3.31. The molecule has 1 fully saturated rings. The molecule has 0 aromatic heterocycles. The minimum Gasteiger partial charge on any atom is -0.271 e. The van der Waals surface area contributed by atoms with Gasteiger partial charge in [0, 0.05) is 12.3 Å². The van der Waals surface area contributed by atoms with Crippen LogP contribution in [0.3, 0.4) is 0 Å². The first-order valence-corrected chi connectivity index (χ1v) is 6.62. The van der Waals surface area contributed by atoms with E-state index in [-0.39, 0.29) is 0 Å². The van der Waals surface area contributed by atoms with Gasteiger partial charge in [-0.1, -0.05) is 0 Å². The van der Waals surface area contributed by atoms with Gasteiger partial charge in [-0.05, 0) is 19.1 Å². The number of nitro groups is 1. The lowest BCUT2D eigenvalue weighted by Crippen LogP contribution is -2.45. The zero-order chi connectivity index (χ0) is 18.7. The molecule has 3 rings (SSSR count). The average molecular weight is 356 g/mol. The molecule has 2 heterocycles. The maximum Gasteiger partial charge on any atom is 0.423 e. The molecule has 9 nitrogen and oxygen atoms in total. The molecule has 0 N–H and O–H groups in total. The molecule has 25 heavy (non-hydrogen) atoms. The van der Waals surface area contributed by atoms with Crippen LogP contribution in [0.2, 0.25) is 0 Å². The van der Waals surface area contributed by atoms with Gasteiger partial charge < -0.3 is 0 Å². The maximum atomic E-state index is 13.1. The Morgan fingerprint density at radius 1 is 1.24 bits per heavy atom. The summed E-state index contributed by atoms with van der Waals surface area (Å²) >= 11 is 0. The van der Waals surface area contributed by atoms with E-state index in [2.05, 4.69) is 4.99 Å². The number of anilines is 1. The topological polar surface area (TPSA) is 113 Å². The third-order valence-electron chi connectivity index (χ3n) is 3.84. The lowest BCUT2D eigenvalue weighted by molar-refractivity contribution is -0.388. The molecule has 0 bridgehead atoms. The number of hydrogen-bond acceptors (Lipinski definition) is 5. The summed E-state index contributed by atoms with van der Waals surface area (Å²) in [5.74, 6) is -0.992. The van der Waals surface area contributed by atoms with E-state index in [1.54, 1.807) is 0 Å². The second-order valence-electron chi connectivity index (χ2n) is 5.40. The number of rotatable bonds is 2. The molecule has 5 amide bonds. The third kappa shape index (κ3) is 2.17. The third-order valence-corrected chi connectivity index (χ3v) is 3.84. The Labute approximate surface area is 136 Å². The highest BCUT2D eigenvalue weighted by atomic mass is 19.4. The van der Waals surface area contributed by atoms with Crippen LogP contribution in [-0.2, 0) is 11.0 Å². The lowest BCUT2D eigenvalue weighted by atomic mass is 10.0. The van der Waals surface area contributed by atoms with E-state index in [0.717, 1.165) is 12.3 Å². The van der Waals surface area contributed by atoms with Crippen LogP contribution in [0, 0.1) is 10.1 Å². The van der Waals surface area contributed by atoms with Crippen molar-refractivity contribution in [1.29, 1.82) is 0 Å². The van der Waals surface area contributed by atoms with Gasteiger partial charge >= 0.3 is 18.2 Å². The number of hydrogen-bond donors (Lipinski definition) is 0. The lowest BCUT2D eigenvalue weighted by Gasteiger charge is -2.17. The Morgan fingerprint density at radius 2 is 1.88 bits per heavy atom. The predicted molar refractivity (Wildman–Crippen MR) is 75.1 cm³/mol. The Morgan fingerprint density at radius 3 is 2.40 bits per heavy atom. The highest BCUT2D eigenvalue weighted by molar-refractivity contribution is 6.34. The van der Waals surface area contributed by atoms with Crippen molar-refractivity contribution in [1.82, 2.24) is 4.90 Å². The van der Waals surface area contributed by atoms with Gasteiger partial charge in [-0.2, -0.15) is 13.2 Å². The molecular weight excluding hydrogens is 349 g/mol. The molecule has 1 saturated heterocycles. The molecule has 0 radical (unpaired) electrons. The van der Waals surface area contributed by atoms with Gasteiger partial charge in [-0.25, -0.2) is 24.4 Å². The average Bonchev–Trinajstić information content (AvgIpc) is 2.91. The normalized spacial score (nSPS) is 22.8. The van der Waals surface area contributed by atoms with Gasteiger partial charge in [0.25, 0.3) is 11.6 Å². The summed E-state index contributed by atoms with van der Waals surface area (Å²) in [6, 6.07) is -0.518. The Balaban J connectivity index is 2.14. The van der Waals surface area contributed by atoms with Crippen LogP contribution in [0.5, 0.6) is 0 Å². The molecule has 1 atom stereocenters. The summed E-state index contributed by atoms with van der Waals surface area (Å²) in [5.41, 5.74) is -5.12. The van der Waals surface area contributed by atoms with E-state index < -0.39 is 51.5 Å². The number of carbonyl (C=O) groups excluding carboxylic acids is 3. The number of benzene rings is 1. The molecule has 130 valence electrons. The number of amides is 5. The fourth-order valence-electron chi connectivity index (χ4n) is 2.62. The molecule has 0 spiro atoms. The molecule has 12 heteroatoms. The molecule has 1 aromatic rings. The van der Waals surface area contributed by atoms with Crippen molar-refractivity contribution in [3.63, 3.8) is 0 Å². The van der Waals surface area contributed by atoms with Crippen LogP contribution in [0.4, 0.5) is 34.1 Å². The number of carbonyl (C=O) groups is 3. The highest BCUT2D eigenvalue weighted by Gasteiger charge is 2.60. The molecule has 0 saturated carbocycles. The quantitative estimate of drug-likeness (QED) is 0.458. The van der Waals surface area contributed by atoms with Crippen LogP contribution >= 0.6 is 0 Å². The number of urea groups is 2. The van der Waals surface area contributed by atoms with Gasteiger partial charge in [0.05, 0.1) is 10.6 Å². The number of nitro benzene ring substituents is 1. The first-order chi connectivity index (χ1) is 11.5. The number of alkyl halides is 3. The van der Waals surface area contributed by atoms with Crippen molar-refractivity contribution in [2.45, 2.75) is 18.6 Å². The second-order valence-corrected chi connectivity index (χ2v) is 5.40. The summed E-state index contributed by atoms with van der Waals surface area (Å²) in [5, 5.41) is 10.8. The minimum atomic E-state index is -5.08. The monoisotopic (exact) mass is 356 g/mol. The van der Waals surface area contributed by atoms with Gasteiger partial charge in [0.2, 0.25) is 0 Å². The van der Waals surface area contributed by atoms with Gasteiger partial charge in [0.15, 0.2) is 5.54 Å². The first-order valence-electron chi connectivity index (χ1n) is 6.62. The van der Waals surface area contributed by atoms with E-state index in [1.807, 2.05) is 0 Å². The maximum absolute atomic E-state index is 13.1. The van der Waals surface area contributed by atoms with E-state index >= 15 is 0 Å². The van der Waals surface area contributed by atoms with Crippen molar-refractivity contribution in [2.24, 2.45) is 4.99 Å². The number of halogens is 3. The number of imide groups is 2. The van der Waals surface area contributed by atoms with Crippen LogP contribution < -0.4 is 4.90 Å². The van der Waals surface area contributed by atoms with Crippen LogP contribution in [0.1, 0.15) is 12.5 Å². The SMILES string of the molecule is CC12C=NC(=O)N1C(=O)N(c1ccc([N+](=O)[O-])c(C(F)(F)F)c1)C2=O. The summed E-state index contributed by atoms with van der Waals surface area (Å²) in [6.07, 6.45) is -4.16. The fraction of sp³-hybridized carbons (Fsp3) is 0.231. The Bertz CT molecular complexity index is 881. The van der Waals surface area contributed by atoms with E-state index in [4.69, 9.17) is 0 Å². The fourth-order valence-corrected chi connectivity index (χ4v) is 2.62. The van der Waals surface area contributed by atoms with Crippen LogP contribution in [0.15, 0.2) is 23.2 Å². The largest absolute Gasteiger partial charge is 0.423 e. The van der Waals surface area contributed by atoms with Gasteiger partial charge in [-0.3, -0.25) is 14.9 Å². The zero-order valence-electron chi connectivity index (χ0n) is 12.3. The highest BCUT2D eigenvalue weighted by Crippen LogP contribution is 2.41. The van der Waals surface area contributed by atoms with Gasteiger partial charge in [-0.15, -0.1) is 0 Å². The molecule has 1 aromatic carbocycles. The molecule has 2 aliphatic heterocycles. The van der Waals surface area contributed by atoms with Crippen molar-refractivity contribution in [3.8, 4) is 0 Å². The summed E-state index contributed by atoms with van der Waals surface area (Å²) < 4.78 is 39.2. The summed E-state index contributed by atoms with van der Waals surface area (Å²) in [7, 11) is 0. The minimum absolute atomic E-state index is 0.321. The molecule has 2 aliphatic rings. The van der Waals surface area contributed by atoms with Crippen LogP contribution in [-0.4, -0.2) is 39.5 Å². The molecule has 0 aliphatic carbocycles. The van der Waals surface area contributed by atoms with Crippen molar-refractivity contribution >= 4 is 35.6 Å². The van der Waals surface area contributed by atoms with Crippen molar-refractivity contribution < 1.29 is 32.5 Å². The smallest absolute Gasteiger partial charge is 0.271 e.